The summed E-state index contributed by atoms with van der Waals surface area (Å²) in [5, 5.41) is 19.6. The van der Waals surface area contributed by atoms with Gasteiger partial charge in [0.25, 0.3) is 0 Å². The van der Waals surface area contributed by atoms with E-state index in [-0.39, 0.29) is 37.9 Å². The minimum Gasteiger partial charge on any atom is -0.508 e. The van der Waals surface area contributed by atoms with Gasteiger partial charge in [-0.05, 0) is 93.0 Å². The molecule has 0 saturated heterocycles. The molecule has 1 aromatic carbocycles. The molecule has 0 heterocycles. The molecule has 0 spiro atoms. The molecule has 45 heavy (non-hydrogen) atoms. The summed E-state index contributed by atoms with van der Waals surface area (Å²) in [5.74, 6) is -2.44. The molecule has 12 nitrogen and oxygen atoms in total. The number of hydrogen-bond acceptors (Lipinski definition) is 11. The molecule has 256 valence electrons. The van der Waals surface area contributed by atoms with Gasteiger partial charge in [0.15, 0.2) is 0 Å². The van der Waals surface area contributed by atoms with Crippen molar-refractivity contribution in [2.75, 3.05) is 52.4 Å². The quantitative estimate of drug-likeness (QED) is 0.191. The fourth-order valence-electron chi connectivity index (χ4n) is 4.52. The smallest absolute Gasteiger partial charge is 0.320 e. The molecule has 2 N–H and O–H groups in total. The van der Waals surface area contributed by atoms with Gasteiger partial charge in [0, 0.05) is 25.7 Å². The van der Waals surface area contributed by atoms with Gasteiger partial charge in [0.2, 0.25) is 0 Å². The number of likely N-dealkylation sites (N-methyl/N-ethyl adjacent to an activating group) is 1. The maximum atomic E-state index is 13.0. The van der Waals surface area contributed by atoms with Crippen LogP contribution in [0.5, 0.6) is 5.75 Å². The molecule has 0 aliphatic rings. The molecule has 1 unspecified atom stereocenters. The van der Waals surface area contributed by atoms with E-state index in [0.29, 0.717) is 26.1 Å². The summed E-state index contributed by atoms with van der Waals surface area (Å²) in [7, 11) is 0. The number of carboxylic acid groups (broad SMARTS) is 1. The minimum atomic E-state index is -1.12. The molecule has 1 aromatic rings. The van der Waals surface area contributed by atoms with E-state index >= 15 is 0 Å². The Kier molecular flexibility index (Phi) is 15.5. The lowest BCUT2D eigenvalue weighted by molar-refractivity contribution is -0.159. The summed E-state index contributed by atoms with van der Waals surface area (Å²) in [4.78, 5) is 55.7. The first kappa shape index (κ1) is 39.8. The number of esters is 3. The van der Waals surface area contributed by atoms with Crippen molar-refractivity contribution < 1.29 is 43.6 Å². The van der Waals surface area contributed by atoms with E-state index in [1.807, 2.05) is 16.7 Å². The molecule has 0 saturated carbocycles. The number of rotatable bonds is 17. The van der Waals surface area contributed by atoms with E-state index < -0.39 is 47.3 Å². The molecule has 0 aromatic heterocycles. The number of benzene rings is 1. The normalized spacial score (nSPS) is 13.2. The zero-order valence-corrected chi connectivity index (χ0v) is 28.8. The third-order valence-electron chi connectivity index (χ3n) is 6.21. The van der Waals surface area contributed by atoms with Crippen LogP contribution in [-0.2, 0) is 39.8 Å². The van der Waals surface area contributed by atoms with Crippen LogP contribution in [0.15, 0.2) is 24.3 Å². The van der Waals surface area contributed by atoms with Crippen molar-refractivity contribution in [2.24, 2.45) is 0 Å². The van der Waals surface area contributed by atoms with Crippen LogP contribution in [0.4, 0.5) is 0 Å². The summed E-state index contributed by atoms with van der Waals surface area (Å²) in [6.07, 6.45) is 0.316. The lowest BCUT2D eigenvalue weighted by Crippen LogP contribution is -2.52. The second kappa shape index (κ2) is 17.5. The average Bonchev–Trinajstić information content (AvgIpc) is 2.83. The molecular formula is C33H55N3O9. The third-order valence-corrected chi connectivity index (χ3v) is 6.21. The number of aliphatic carboxylic acids is 1. The van der Waals surface area contributed by atoms with Crippen molar-refractivity contribution >= 4 is 23.9 Å². The lowest BCUT2D eigenvalue weighted by Gasteiger charge is -2.36. The molecule has 0 aliphatic heterocycles. The maximum Gasteiger partial charge on any atom is 0.320 e. The molecule has 0 bridgehead atoms. The summed E-state index contributed by atoms with van der Waals surface area (Å²) in [5.41, 5.74) is -1.30. The van der Waals surface area contributed by atoms with Gasteiger partial charge < -0.3 is 24.4 Å². The van der Waals surface area contributed by atoms with Gasteiger partial charge in [-0.2, -0.15) is 0 Å². The Bertz CT molecular complexity index is 1100. The average molecular weight is 638 g/mol. The standard InChI is InChI=1S/C33H55N3O9/c1-11-34(21-28(40)43-31(2,3)4)16-17-35(22-29(41)44-32(5,6)7)19-25(18-24-12-14-26(37)15-13-24)36(20-27(38)39)23-30(42)45-33(8,9)10/h12-15,25,37H,11,16-23H2,1-10H3,(H,38,39). The van der Waals surface area contributed by atoms with Gasteiger partial charge in [-0.15, -0.1) is 0 Å². The highest BCUT2D eigenvalue weighted by Crippen LogP contribution is 2.17. The van der Waals surface area contributed by atoms with Crippen LogP contribution in [0, 0.1) is 0 Å². The van der Waals surface area contributed by atoms with Crippen molar-refractivity contribution in [1.29, 1.82) is 0 Å². The first-order valence-corrected chi connectivity index (χ1v) is 15.4. The second-order valence-electron chi connectivity index (χ2n) is 14.2. The number of nitrogens with zero attached hydrogens (tertiary/aromatic N) is 3. The van der Waals surface area contributed by atoms with Crippen molar-refractivity contribution in [2.45, 2.75) is 98.5 Å². The van der Waals surface area contributed by atoms with Gasteiger partial charge in [-0.25, -0.2) is 0 Å². The van der Waals surface area contributed by atoms with E-state index in [4.69, 9.17) is 14.2 Å². The highest BCUT2D eigenvalue weighted by Gasteiger charge is 2.30. The maximum absolute atomic E-state index is 13.0. The monoisotopic (exact) mass is 637 g/mol. The number of hydrogen-bond donors (Lipinski definition) is 2. The Labute approximate surface area is 268 Å². The highest BCUT2D eigenvalue weighted by molar-refractivity contribution is 5.74. The summed E-state index contributed by atoms with van der Waals surface area (Å²) in [6.45, 7) is 18.6. The number of carbonyl (C=O) groups excluding carboxylic acids is 3. The Morgan fingerprint density at radius 2 is 1.11 bits per heavy atom. The third kappa shape index (κ3) is 19.0. The fraction of sp³-hybridized carbons (Fsp3) is 0.697. The number of phenols is 1. The molecule has 1 rings (SSSR count). The number of aromatic hydroxyl groups is 1. The van der Waals surface area contributed by atoms with Gasteiger partial charge in [0.1, 0.15) is 22.6 Å². The Balaban J connectivity index is 3.39. The van der Waals surface area contributed by atoms with Gasteiger partial charge in [0.05, 0.1) is 26.2 Å². The van der Waals surface area contributed by atoms with Crippen LogP contribution in [0.3, 0.4) is 0 Å². The minimum absolute atomic E-state index is 0.0643. The van der Waals surface area contributed by atoms with Crippen LogP contribution >= 0.6 is 0 Å². The van der Waals surface area contributed by atoms with E-state index in [9.17, 15) is 29.4 Å². The predicted octanol–water partition coefficient (Wildman–Crippen LogP) is 3.34. The van der Waals surface area contributed by atoms with Crippen molar-refractivity contribution in [1.82, 2.24) is 14.7 Å². The Morgan fingerprint density at radius 1 is 0.689 bits per heavy atom. The van der Waals surface area contributed by atoms with Crippen LogP contribution in [0.1, 0.15) is 74.8 Å². The number of phenolic OH excluding ortho intramolecular Hbond substituents is 1. The molecule has 0 amide bonds. The molecule has 0 fully saturated rings. The van der Waals surface area contributed by atoms with E-state index in [2.05, 4.69) is 0 Å². The van der Waals surface area contributed by atoms with Crippen molar-refractivity contribution in [3.8, 4) is 5.75 Å². The molecule has 0 radical (unpaired) electrons. The molecule has 1 atom stereocenters. The van der Waals surface area contributed by atoms with Crippen LogP contribution in [0.25, 0.3) is 0 Å². The topological polar surface area (TPSA) is 146 Å². The first-order valence-electron chi connectivity index (χ1n) is 15.4. The van der Waals surface area contributed by atoms with Crippen LogP contribution in [-0.4, -0.2) is 124 Å². The zero-order valence-electron chi connectivity index (χ0n) is 28.8. The predicted molar refractivity (Wildman–Crippen MR) is 171 cm³/mol. The second-order valence-corrected chi connectivity index (χ2v) is 14.2. The fourth-order valence-corrected chi connectivity index (χ4v) is 4.52. The zero-order chi connectivity index (χ0) is 34.6. The van der Waals surface area contributed by atoms with Gasteiger partial charge in [-0.1, -0.05) is 19.1 Å². The van der Waals surface area contributed by atoms with Crippen molar-refractivity contribution in [3.05, 3.63) is 29.8 Å². The van der Waals surface area contributed by atoms with Gasteiger partial charge >= 0.3 is 23.9 Å². The summed E-state index contributed by atoms with van der Waals surface area (Å²) >= 11 is 0. The first-order chi connectivity index (χ1) is 20.5. The van der Waals surface area contributed by atoms with Crippen molar-refractivity contribution in [3.63, 3.8) is 0 Å². The van der Waals surface area contributed by atoms with E-state index in [1.54, 1.807) is 74.4 Å². The summed E-state index contributed by atoms with van der Waals surface area (Å²) < 4.78 is 16.6. The number of carboxylic acids is 1. The van der Waals surface area contributed by atoms with E-state index in [1.165, 1.54) is 17.0 Å². The SMILES string of the molecule is CCN(CCN(CC(=O)OC(C)(C)C)CC(Cc1ccc(O)cc1)N(CC(=O)O)CC(=O)OC(C)(C)C)CC(=O)OC(C)(C)C. The summed E-state index contributed by atoms with van der Waals surface area (Å²) in [6, 6.07) is 5.98. The Hall–Kier alpha value is -3.22. The van der Waals surface area contributed by atoms with Crippen LogP contribution < -0.4 is 0 Å². The largest absolute Gasteiger partial charge is 0.508 e. The number of carbonyl (C=O) groups is 4. The number of ether oxygens (including phenoxy) is 3. The molecule has 0 aliphatic carbocycles. The highest BCUT2D eigenvalue weighted by atomic mass is 16.6. The van der Waals surface area contributed by atoms with Gasteiger partial charge in [-0.3, -0.25) is 33.9 Å². The van der Waals surface area contributed by atoms with Crippen LogP contribution in [0.2, 0.25) is 0 Å². The molecular weight excluding hydrogens is 582 g/mol. The lowest BCUT2D eigenvalue weighted by atomic mass is 10.0. The van der Waals surface area contributed by atoms with E-state index in [0.717, 1.165) is 5.56 Å². The molecule has 12 heteroatoms. The Morgan fingerprint density at radius 3 is 1.53 bits per heavy atom.